The highest BCUT2D eigenvalue weighted by Crippen LogP contribution is 2.32. The first-order valence-corrected chi connectivity index (χ1v) is 11.6. The molecular formula is C21H16FN3O3S2. The molecule has 4 rings (SSSR count). The molecule has 2 aromatic carbocycles. The number of nitrogens with zero attached hydrogens (tertiary/aromatic N) is 3. The number of aromatic nitrogens is 2. The summed E-state index contributed by atoms with van der Waals surface area (Å²) < 4.78 is 39.2. The third kappa shape index (κ3) is 3.94. The number of carbonyl (C=O) groups excluding carboxylic acids is 1. The maximum atomic E-state index is 14.2. The van der Waals surface area contributed by atoms with Gasteiger partial charge >= 0.3 is 0 Å². The molecule has 0 spiro atoms. The molecule has 0 bridgehead atoms. The molecular weight excluding hydrogens is 425 g/mol. The average molecular weight is 442 g/mol. The minimum Gasteiger partial charge on any atom is -0.278 e. The van der Waals surface area contributed by atoms with E-state index in [0.29, 0.717) is 10.4 Å². The molecule has 0 aliphatic heterocycles. The van der Waals surface area contributed by atoms with Crippen molar-refractivity contribution in [2.45, 2.75) is 11.4 Å². The highest BCUT2D eigenvalue weighted by atomic mass is 32.2. The Bertz CT molecular complexity index is 1340. The number of carbonyl (C=O) groups is 1. The van der Waals surface area contributed by atoms with Crippen molar-refractivity contribution in [3.8, 4) is 0 Å². The highest BCUT2D eigenvalue weighted by molar-refractivity contribution is 7.90. The topological polar surface area (TPSA) is 80.2 Å². The number of fused-ring (bicyclic) bond motifs is 1. The number of hydrogen-bond acceptors (Lipinski definition) is 6. The summed E-state index contributed by atoms with van der Waals surface area (Å²) in [6.45, 7) is 0.0548. The second kappa shape index (κ2) is 7.92. The predicted octanol–water partition coefficient (Wildman–Crippen LogP) is 4.08. The molecule has 1 amide bonds. The fraction of sp³-hybridized carbons (Fsp3) is 0.0952. The molecule has 0 N–H and O–H groups in total. The van der Waals surface area contributed by atoms with Crippen molar-refractivity contribution in [2.24, 2.45) is 0 Å². The molecule has 0 aliphatic rings. The van der Waals surface area contributed by atoms with Gasteiger partial charge in [0.2, 0.25) is 0 Å². The van der Waals surface area contributed by atoms with Crippen molar-refractivity contribution >= 4 is 42.4 Å². The van der Waals surface area contributed by atoms with E-state index in [-0.39, 0.29) is 27.7 Å². The van der Waals surface area contributed by atoms with Crippen LogP contribution in [0.5, 0.6) is 0 Å². The minimum absolute atomic E-state index is 0.0238. The maximum absolute atomic E-state index is 14.2. The highest BCUT2D eigenvalue weighted by Gasteiger charge is 2.27. The zero-order chi connectivity index (χ0) is 21.3. The summed E-state index contributed by atoms with van der Waals surface area (Å²) >= 11 is 1.15. The number of rotatable bonds is 5. The van der Waals surface area contributed by atoms with Crippen LogP contribution < -0.4 is 4.90 Å². The van der Waals surface area contributed by atoms with E-state index in [9.17, 15) is 17.6 Å². The Morgan fingerprint density at radius 1 is 1.07 bits per heavy atom. The summed E-state index contributed by atoms with van der Waals surface area (Å²) in [7, 11) is -3.64. The molecule has 6 nitrogen and oxygen atoms in total. The van der Waals surface area contributed by atoms with Gasteiger partial charge in [-0.2, -0.15) is 0 Å². The second-order valence-electron chi connectivity index (χ2n) is 6.56. The Balaban J connectivity index is 1.85. The van der Waals surface area contributed by atoms with Gasteiger partial charge in [-0.3, -0.25) is 14.7 Å². The van der Waals surface area contributed by atoms with Crippen molar-refractivity contribution in [1.82, 2.24) is 9.97 Å². The first-order valence-electron chi connectivity index (χ1n) is 8.90. The van der Waals surface area contributed by atoms with Crippen molar-refractivity contribution in [2.75, 3.05) is 11.2 Å². The van der Waals surface area contributed by atoms with Crippen LogP contribution in [0.3, 0.4) is 0 Å². The lowest BCUT2D eigenvalue weighted by atomic mass is 10.2. The van der Waals surface area contributed by atoms with Gasteiger partial charge < -0.3 is 0 Å². The van der Waals surface area contributed by atoms with Crippen molar-refractivity contribution < 1.29 is 17.6 Å². The van der Waals surface area contributed by atoms with Crippen molar-refractivity contribution in [3.05, 3.63) is 83.9 Å². The quantitative estimate of drug-likeness (QED) is 0.466. The smallest absolute Gasteiger partial charge is 0.261 e. The van der Waals surface area contributed by atoms with E-state index >= 15 is 0 Å². The van der Waals surface area contributed by atoms with Crippen LogP contribution in [0.2, 0.25) is 0 Å². The van der Waals surface area contributed by atoms with Crippen LogP contribution in [0.1, 0.15) is 16.1 Å². The van der Waals surface area contributed by atoms with Crippen LogP contribution in [0.25, 0.3) is 10.2 Å². The molecule has 2 aromatic heterocycles. The molecule has 0 radical (unpaired) electrons. The molecule has 0 aliphatic carbocycles. The van der Waals surface area contributed by atoms with Crippen LogP contribution >= 0.6 is 11.3 Å². The average Bonchev–Trinajstić information content (AvgIpc) is 3.17. The zero-order valence-electron chi connectivity index (χ0n) is 15.8. The molecule has 152 valence electrons. The Labute approximate surface area is 176 Å². The van der Waals surface area contributed by atoms with Crippen LogP contribution in [0.4, 0.5) is 9.52 Å². The van der Waals surface area contributed by atoms with Crippen LogP contribution in [0, 0.1) is 5.82 Å². The van der Waals surface area contributed by atoms with Crippen LogP contribution in [-0.2, 0) is 16.4 Å². The van der Waals surface area contributed by atoms with Crippen LogP contribution in [0.15, 0.2) is 71.8 Å². The summed E-state index contributed by atoms with van der Waals surface area (Å²) in [6, 6.07) is 15.9. The fourth-order valence-corrected chi connectivity index (χ4v) is 4.87. The van der Waals surface area contributed by atoms with Gasteiger partial charge in [-0.1, -0.05) is 35.6 Å². The number of sulfone groups is 1. The molecule has 30 heavy (non-hydrogen) atoms. The Morgan fingerprint density at radius 3 is 2.53 bits per heavy atom. The van der Waals surface area contributed by atoms with Gasteiger partial charge in [0.1, 0.15) is 11.3 Å². The summed E-state index contributed by atoms with van der Waals surface area (Å²) in [5.41, 5.74) is 0.769. The van der Waals surface area contributed by atoms with Gasteiger partial charge in [-0.15, -0.1) is 0 Å². The largest absolute Gasteiger partial charge is 0.278 e. The van der Waals surface area contributed by atoms with Gasteiger partial charge in [0.05, 0.1) is 27.4 Å². The summed E-state index contributed by atoms with van der Waals surface area (Å²) in [5, 5.41) is 0.258. The Morgan fingerprint density at radius 2 is 1.83 bits per heavy atom. The maximum Gasteiger partial charge on any atom is 0.261 e. The molecule has 0 saturated heterocycles. The zero-order valence-corrected chi connectivity index (χ0v) is 17.5. The van der Waals surface area contributed by atoms with E-state index in [1.54, 1.807) is 48.7 Å². The Hall–Kier alpha value is -3.17. The summed E-state index contributed by atoms with van der Waals surface area (Å²) in [4.78, 5) is 23.3. The van der Waals surface area contributed by atoms with E-state index in [0.717, 1.165) is 17.6 Å². The van der Waals surface area contributed by atoms with E-state index < -0.39 is 21.6 Å². The first kappa shape index (κ1) is 20.1. The number of hydrogen-bond donors (Lipinski definition) is 0. The van der Waals surface area contributed by atoms with E-state index in [1.165, 1.54) is 23.1 Å². The lowest BCUT2D eigenvalue weighted by molar-refractivity contribution is 0.0981. The number of benzene rings is 2. The molecule has 4 aromatic rings. The van der Waals surface area contributed by atoms with Gasteiger partial charge in [0.25, 0.3) is 5.91 Å². The van der Waals surface area contributed by atoms with Crippen LogP contribution in [-0.4, -0.2) is 30.5 Å². The summed E-state index contributed by atoms with van der Waals surface area (Å²) in [5.74, 6) is -1.04. The fourth-order valence-electron chi connectivity index (χ4n) is 3.01. The third-order valence-electron chi connectivity index (χ3n) is 4.40. The van der Waals surface area contributed by atoms with Crippen molar-refractivity contribution in [1.29, 1.82) is 0 Å². The van der Waals surface area contributed by atoms with Gasteiger partial charge in [-0.05, 0) is 36.4 Å². The SMILES string of the molecule is CS(=O)(=O)c1ccccc1C(=O)N(Cc1ccccn1)c1nc2c(F)cccc2s1. The molecule has 0 saturated carbocycles. The molecule has 9 heteroatoms. The molecule has 2 heterocycles. The molecule has 0 fully saturated rings. The van der Waals surface area contributed by atoms with Gasteiger partial charge in [0.15, 0.2) is 15.0 Å². The predicted molar refractivity (Wildman–Crippen MR) is 114 cm³/mol. The normalized spacial score (nSPS) is 11.5. The van der Waals surface area contributed by atoms with Gasteiger partial charge in [0, 0.05) is 12.5 Å². The number of pyridine rings is 1. The van der Waals surface area contributed by atoms with Crippen molar-refractivity contribution in [3.63, 3.8) is 0 Å². The first-order chi connectivity index (χ1) is 14.3. The van der Waals surface area contributed by atoms with Gasteiger partial charge in [-0.25, -0.2) is 17.8 Å². The number of thiazole rings is 1. The summed E-state index contributed by atoms with van der Waals surface area (Å²) in [6.07, 6.45) is 2.65. The second-order valence-corrected chi connectivity index (χ2v) is 9.56. The number of amides is 1. The lowest BCUT2D eigenvalue weighted by Gasteiger charge is -2.20. The third-order valence-corrected chi connectivity index (χ3v) is 6.60. The standard InChI is InChI=1S/C21H16FN3O3S2/c1-30(27,28)18-11-3-2-8-15(18)20(26)25(13-14-7-4-5-12-23-14)21-24-19-16(22)9-6-10-17(19)29-21/h2-12H,13H2,1H3. The number of para-hydroxylation sites is 1. The molecule has 0 atom stereocenters. The molecule has 0 unspecified atom stereocenters. The number of halogens is 1. The lowest BCUT2D eigenvalue weighted by Crippen LogP contribution is -2.31. The number of anilines is 1. The van der Waals surface area contributed by atoms with E-state index in [1.807, 2.05) is 0 Å². The van der Waals surface area contributed by atoms with E-state index in [4.69, 9.17) is 0 Å². The minimum atomic E-state index is -3.64. The Kier molecular flexibility index (Phi) is 5.31. The monoisotopic (exact) mass is 441 g/mol. The van der Waals surface area contributed by atoms with E-state index in [2.05, 4.69) is 9.97 Å².